The Morgan fingerprint density at radius 2 is 2.22 bits per heavy atom. The summed E-state index contributed by atoms with van der Waals surface area (Å²) in [6, 6.07) is 1.42. The Labute approximate surface area is 113 Å². The lowest BCUT2D eigenvalue weighted by atomic mass is 9.99. The fraction of sp³-hybridized carbons (Fsp3) is 0.500. The first-order valence-corrected chi connectivity index (χ1v) is 6.35. The van der Waals surface area contributed by atoms with E-state index in [2.05, 4.69) is 4.98 Å². The smallest absolute Gasteiger partial charge is 0.248 e. The zero-order chi connectivity index (χ0) is 13.3. The molecule has 0 amide bonds. The Bertz CT molecular complexity index is 479. The summed E-state index contributed by atoms with van der Waals surface area (Å²) >= 11 is 11.5. The molecule has 2 nitrogen and oxygen atoms in total. The van der Waals surface area contributed by atoms with Gasteiger partial charge in [-0.25, -0.2) is 8.78 Å². The third-order valence-electron chi connectivity index (χ3n) is 3.05. The van der Waals surface area contributed by atoms with Gasteiger partial charge in [0.05, 0.1) is 10.0 Å². The topological polar surface area (TPSA) is 30.0 Å². The molecule has 1 saturated carbocycles. The molecule has 0 bridgehead atoms. The van der Waals surface area contributed by atoms with Crippen LogP contribution in [0.2, 0.25) is 10.0 Å². The van der Waals surface area contributed by atoms with Gasteiger partial charge in [-0.3, -0.25) is 9.78 Å². The van der Waals surface area contributed by atoms with Crippen LogP contribution in [-0.2, 0) is 0 Å². The van der Waals surface area contributed by atoms with Crippen LogP contribution in [0.5, 0.6) is 0 Å². The van der Waals surface area contributed by atoms with Crippen LogP contribution in [0.15, 0.2) is 12.3 Å². The van der Waals surface area contributed by atoms with Crippen LogP contribution >= 0.6 is 23.2 Å². The van der Waals surface area contributed by atoms with Crippen molar-refractivity contribution in [3.05, 3.63) is 28.0 Å². The second-order valence-electron chi connectivity index (χ2n) is 4.58. The molecule has 1 aromatic rings. The summed E-state index contributed by atoms with van der Waals surface area (Å²) in [4.78, 5) is 15.8. The quantitative estimate of drug-likeness (QED) is 0.773. The Morgan fingerprint density at radius 1 is 1.50 bits per heavy atom. The highest BCUT2D eigenvalue weighted by molar-refractivity contribution is 6.36. The minimum Gasteiger partial charge on any atom is -0.292 e. The van der Waals surface area contributed by atoms with Crippen LogP contribution in [-0.4, -0.2) is 16.7 Å². The fourth-order valence-corrected chi connectivity index (χ4v) is 2.68. The lowest BCUT2D eigenvalue weighted by Gasteiger charge is -2.10. The summed E-state index contributed by atoms with van der Waals surface area (Å²) < 4.78 is 26.0. The van der Waals surface area contributed by atoms with E-state index >= 15 is 0 Å². The molecule has 6 heteroatoms. The highest BCUT2D eigenvalue weighted by Crippen LogP contribution is 2.40. The highest BCUT2D eigenvalue weighted by Gasteiger charge is 2.40. The maximum atomic E-state index is 13.0. The highest BCUT2D eigenvalue weighted by atomic mass is 35.5. The third-order valence-corrected chi connectivity index (χ3v) is 3.55. The van der Waals surface area contributed by atoms with Crippen molar-refractivity contribution < 1.29 is 13.6 Å². The van der Waals surface area contributed by atoms with E-state index in [1.54, 1.807) is 0 Å². The van der Waals surface area contributed by atoms with Crippen molar-refractivity contribution in [2.75, 3.05) is 0 Å². The van der Waals surface area contributed by atoms with Crippen molar-refractivity contribution in [3.8, 4) is 0 Å². The molecule has 0 spiro atoms. The summed E-state index contributed by atoms with van der Waals surface area (Å²) in [6.07, 6.45) is 1.37. The van der Waals surface area contributed by atoms with Crippen molar-refractivity contribution in [2.24, 2.45) is 5.92 Å². The lowest BCUT2D eigenvalue weighted by molar-refractivity contribution is 0.00497. The summed E-state index contributed by atoms with van der Waals surface area (Å²) in [5.74, 6) is -3.23. The van der Waals surface area contributed by atoms with Crippen LogP contribution in [0.3, 0.4) is 0 Å². The van der Waals surface area contributed by atoms with E-state index in [1.807, 2.05) is 0 Å². The van der Waals surface area contributed by atoms with Crippen LogP contribution in [0.25, 0.3) is 0 Å². The molecule has 1 aliphatic carbocycles. The molecule has 98 valence electrons. The largest absolute Gasteiger partial charge is 0.292 e. The molecule has 1 fully saturated rings. The Kier molecular flexibility index (Phi) is 3.87. The predicted molar refractivity (Wildman–Crippen MR) is 65.5 cm³/mol. The van der Waals surface area contributed by atoms with Crippen LogP contribution in [0.1, 0.15) is 36.2 Å². The van der Waals surface area contributed by atoms with Gasteiger partial charge >= 0.3 is 0 Å². The van der Waals surface area contributed by atoms with Crippen LogP contribution in [0.4, 0.5) is 8.78 Å². The zero-order valence-electron chi connectivity index (χ0n) is 9.43. The molecule has 0 radical (unpaired) electrons. The Morgan fingerprint density at radius 3 is 2.78 bits per heavy atom. The first-order valence-electron chi connectivity index (χ1n) is 5.59. The minimum atomic E-state index is -2.64. The molecule has 18 heavy (non-hydrogen) atoms. The second-order valence-corrected chi connectivity index (χ2v) is 5.42. The third kappa shape index (κ3) is 3.18. The number of nitrogens with zero attached hydrogens (tertiary/aromatic N) is 1. The van der Waals surface area contributed by atoms with Gasteiger partial charge in [-0.2, -0.15) is 0 Å². The van der Waals surface area contributed by atoms with Gasteiger partial charge in [-0.15, -0.1) is 0 Å². The number of hydrogen-bond donors (Lipinski definition) is 0. The van der Waals surface area contributed by atoms with E-state index in [9.17, 15) is 13.6 Å². The van der Waals surface area contributed by atoms with Crippen molar-refractivity contribution in [3.63, 3.8) is 0 Å². The standard InChI is InChI=1S/C12H11Cl2F2NO/c13-8-4-9(14)11(17-6-8)10(18)3-7-1-2-12(15,16)5-7/h4,6-7H,1-3,5H2. The monoisotopic (exact) mass is 293 g/mol. The van der Waals surface area contributed by atoms with E-state index in [0.717, 1.165) is 0 Å². The number of aromatic nitrogens is 1. The second kappa shape index (κ2) is 5.10. The van der Waals surface area contributed by atoms with Crippen molar-refractivity contribution >= 4 is 29.0 Å². The van der Waals surface area contributed by atoms with Crippen molar-refractivity contribution in [1.29, 1.82) is 0 Å². The maximum Gasteiger partial charge on any atom is 0.248 e. The first-order chi connectivity index (χ1) is 8.37. The molecule has 1 aliphatic rings. The summed E-state index contributed by atoms with van der Waals surface area (Å²) in [6.45, 7) is 0. The molecule has 1 heterocycles. The van der Waals surface area contributed by atoms with Gasteiger partial charge in [0.2, 0.25) is 5.92 Å². The molecular weight excluding hydrogens is 283 g/mol. The number of Topliss-reactive ketones (excluding diaryl/α,β-unsaturated/α-hetero) is 1. The molecular formula is C12H11Cl2F2NO. The summed E-state index contributed by atoms with van der Waals surface area (Å²) in [5, 5.41) is 0.501. The molecule has 0 N–H and O–H groups in total. The lowest BCUT2D eigenvalue weighted by Crippen LogP contribution is -2.12. The van der Waals surface area contributed by atoms with Gasteiger partial charge < -0.3 is 0 Å². The number of carbonyl (C=O) groups is 1. The summed E-state index contributed by atoms with van der Waals surface area (Å²) in [7, 11) is 0. The van der Waals surface area contributed by atoms with E-state index in [-0.39, 0.29) is 41.7 Å². The van der Waals surface area contributed by atoms with Gasteiger partial charge in [-0.05, 0) is 18.4 Å². The van der Waals surface area contributed by atoms with E-state index in [1.165, 1.54) is 12.3 Å². The number of halogens is 4. The van der Waals surface area contributed by atoms with E-state index in [0.29, 0.717) is 11.4 Å². The molecule has 1 atom stereocenters. The number of ketones is 1. The zero-order valence-corrected chi connectivity index (χ0v) is 10.9. The molecule has 1 aromatic heterocycles. The number of carbonyl (C=O) groups excluding carboxylic acids is 1. The number of rotatable bonds is 3. The number of alkyl halides is 2. The Hall–Kier alpha value is -0.740. The van der Waals surface area contributed by atoms with Gasteiger partial charge in [0, 0.05) is 25.5 Å². The SMILES string of the molecule is O=C(CC1CCC(F)(F)C1)c1ncc(Cl)cc1Cl. The summed E-state index contributed by atoms with van der Waals surface area (Å²) in [5.41, 5.74) is 0.108. The number of hydrogen-bond acceptors (Lipinski definition) is 2. The molecule has 0 saturated heterocycles. The van der Waals surface area contributed by atoms with Gasteiger partial charge in [0.1, 0.15) is 5.69 Å². The molecule has 2 rings (SSSR count). The normalized spacial score (nSPS) is 22.1. The van der Waals surface area contributed by atoms with E-state index < -0.39 is 5.92 Å². The fourth-order valence-electron chi connectivity index (χ4n) is 2.19. The van der Waals surface area contributed by atoms with E-state index in [4.69, 9.17) is 23.2 Å². The maximum absolute atomic E-state index is 13.0. The first kappa shape index (κ1) is 13.7. The minimum absolute atomic E-state index is 0.0595. The van der Waals surface area contributed by atoms with Gasteiger partial charge in [-0.1, -0.05) is 23.2 Å². The van der Waals surface area contributed by atoms with Crippen LogP contribution in [0, 0.1) is 5.92 Å². The molecule has 0 aliphatic heterocycles. The van der Waals surface area contributed by atoms with Crippen LogP contribution < -0.4 is 0 Å². The average molecular weight is 294 g/mol. The molecule has 0 aromatic carbocycles. The molecule has 1 unspecified atom stereocenters. The average Bonchev–Trinajstić information content (AvgIpc) is 2.57. The predicted octanol–water partition coefficient (Wildman–Crippen LogP) is 4.40. The van der Waals surface area contributed by atoms with Crippen molar-refractivity contribution in [2.45, 2.75) is 31.6 Å². The Balaban J connectivity index is 2.04. The van der Waals surface area contributed by atoms with Gasteiger partial charge in [0.25, 0.3) is 0 Å². The van der Waals surface area contributed by atoms with Crippen molar-refractivity contribution in [1.82, 2.24) is 4.98 Å². The van der Waals surface area contributed by atoms with Gasteiger partial charge in [0.15, 0.2) is 5.78 Å². The number of pyridine rings is 1.